The van der Waals surface area contributed by atoms with Gasteiger partial charge in [0.05, 0.1) is 22.4 Å². The Morgan fingerprint density at radius 3 is 2.76 bits per heavy atom. The molecule has 0 spiro atoms. The summed E-state index contributed by atoms with van der Waals surface area (Å²) in [6.07, 6.45) is 11.7. The molecule has 6 rings (SSSR count). The van der Waals surface area contributed by atoms with Crippen LogP contribution in [-0.4, -0.2) is 38.6 Å². The summed E-state index contributed by atoms with van der Waals surface area (Å²) in [6.45, 7) is 5.01. The van der Waals surface area contributed by atoms with Gasteiger partial charge in [0.1, 0.15) is 5.82 Å². The number of aryl methyl sites for hydroxylation is 1. The third-order valence-electron chi connectivity index (χ3n) is 7.73. The van der Waals surface area contributed by atoms with Gasteiger partial charge in [0.15, 0.2) is 5.43 Å². The summed E-state index contributed by atoms with van der Waals surface area (Å²) in [7, 11) is 0. The Balaban J connectivity index is 1.38. The summed E-state index contributed by atoms with van der Waals surface area (Å²) in [5.74, 6) is -0.556. The third-order valence-corrected chi connectivity index (χ3v) is 8.02. The van der Waals surface area contributed by atoms with Crippen molar-refractivity contribution in [2.75, 3.05) is 18.0 Å². The van der Waals surface area contributed by atoms with Crippen LogP contribution in [0.2, 0.25) is 5.02 Å². The number of anilines is 1. The van der Waals surface area contributed by atoms with Crippen LogP contribution in [0, 0.1) is 12.7 Å². The zero-order valence-electron chi connectivity index (χ0n) is 21.5. The minimum Gasteiger partial charge on any atom is -0.369 e. The van der Waals surface area contributed by atoms with Crippen LogP contribution in [0.3, 0.4) is 0 Å². The smallest absolute Gasteiger partial charge is 0.193 e. The van der Waals surface area contributed by atoms with E-state index in [1.165, 1.54) is 6.07 Å². The molecule has 0 unspecified atom stereocenters. The lowest BCUT2D eigenvalue weighted by atomic mass is 10.0. The Hall–Kier alpha value is -3.29. The number of fused-ring (bicyclic) bond motifs is 1. The summed E-state index contributed by atoms with van der Waals surface area (Å²) in [6, 6.07) is 11.7. The lowest BCUT2D eigenvalue weighted by Crippen LogP contribution is -2.48. The van der Waals surface area contributed by atoms with Crippen LogP contribution >= 0.6 is 11.6 Å². The van der Waals surface area contributed by atoms with Gasteiger partial charge in [-0.3, -0.25) is 19.7 Å². The molecular formula is C30H31ClFN5O. The molecule has 4 heterocycles. The van der Waals surface area contributed by atoms with E-state index < -0.39 is 5.82 Å². The van der Waals surface area contributed by atoms with Crippen molar-refractivity contribution in [3.05, 3.63) is 99.1 Å². The first-order valence-corrected chi connectivity index (χ1v) is 13.7. The lowest BCUT2D eigenvalue weighted by molar-refractivity contribution is 0.158. The van der Waals surface area contributed by atoms with Gasteiger partial charge in [0.2, 0.25) is 0 Å². The Labute approximate surface area is 226 Å². The SMILES string of the molecule is Cc1cc(CN(Cc2cn(C3CC3)c3cc(Cl)c(F)cc3c2=O)[C@H]2CCCN(c3cccnc3)C2)ccn1. The molecule has 38 heavy (non-hydrogen) atoms. The standard InChI is InChI=1S/C30H31ClFN5O/c1-20-12-21(8-10-34-20)16-36(25-5-3-11-35(19-25)24-4-2-9-33-15-24)17-22-18-37(23-6-7-23)29-14-27(31)28(32)13-26(29)30(22)38/h2,4,8-10,12-15,18,23,25H,3,5-7,11,16-17,19H2,1H3/t25-/m0/s1. The largest absolute Gasteiger partial charge is 0.369 e. The van der Waals surface area contributed by atoms with Crippen molar-refractivity contribution in [2.24, 2.45) is 0 Å². The monoisotopic (exact) mass is 531 g/mol. The number of hydrogen-bond donors (Lipinski definition) is 0. The van der Waals surface area contributed by atoms with Crippen molar-refractivity contribution in [3.8, 4) is 0 Å². The highest BCUT2D eigenvalue weighted by atomic mass is 35.5. The van der Waals surface area contributed by atoms with Gasteiger partial charge in [-0.05, 0) is 74.6 Å². The molecule has 0 radical (unpaired) electrons. The van der Waals surface area contributed by atoms with Crippen LogP contribution in [0.4, 0.5) is 10.1 Å². The molecule has 0 amide bonds. The zero-order valence-corrected chi connectivity index (χ0v) is 22.2. The topological polar surface area (TPSA) is 54.3 Å². The minimum atomic E-state index is -0.556. The van der Waals surface area contributed by atoms with E-state index in [4.69, 9.17) is 11.6 Å². The molecule has 6 nitrogen and oxygen atoms in total. The third kappa shape index (κ3) is 5.18. The van der Waals surface area contributed by atoms with Gasteiger partial charge in [-0.1, -0.05) is 11.6 Å². The molecule has 0 bridgehead atoms. The van der Waals surface area contributed by atoms with Crippen molar-refractivity contribution in [2.45, 2.75) is 57.8 Å². The van der Waals surface area contributed by atoms with E-state index in [9.17, 15) is 9.18 Å². The summed E-state index contributed by atoms with van der Waals surface area (Å²) < 4.78 is 16.6. The number of nitrogens with zero attached hydrogens (tertiary/aromatic N) is 5. The molecular weight excluding hydrogens is 501 g/mol. The van der Waals surface area contributed by atoms with E-state index >= 15 is 0 Å². The number of benzene rings is 1. The molecule has 2 aliphatic rings. The van der Waals surface area contributed by atoms with E-state index in [1.54, 1.807) is 12.3 Å². The van der Waals surface area contributed by atoms with E-state index in [-0.39, 0.29) is 16.5 Å². The maximum atomic E-state index is 14.5. The fraction of sp³-hybridized carbons (Fsp3) is 0.367. The molecule has 8 heteroatoms. The van der Waals surface area contributed by atoms with Gasteiger partial charge in [-0.25, -0.2) is 4.39 Å². The number of rotatable bonds is 7. The van der Waals surface area contributed by atoms with Gasteiger partial charge in [0.25, 0.3) is 0 Å². The summed E-state index contributed by atoms with van der Waals surface area (Å²) >= 11 is 6.12. The van der Waals surface area contributed by atoms with Gasteiger partial charge < -0.3 is 9.47 Å². The highest BCUT2D eigenvalue weighted by Gasteiger charge is 2.29. The molecule has 1 aliphatic heterocycles. The fourth-order valence-electron chi connectivity index (χ4n) is 5.67. The lowest BCUT2D eigenvalue weighted by Gasteiger charge is -2.40. The normalized spacial score (nSPS) is 17.9. The minimum absolute atomic E-state index is 0.0476. The average molecular weight is 532 g/mol. The first-order valence-electron chi connectivity index (χ1n) is 13.3. The highest BCUT2D eigenvalue weighted by Crippen LogP contribution is 2.38. The second kappa shape index (κ2) is 10.5. The van der Waals surface area contributed by atoms with Crippen molar-refractivity contribution in [1.82, 2.24) is 19.4 Å². The number of hydrogen-bond acceptors (Lipinski definition) is 5. The van der Waals surface area contributed by atoms with Crippen molar-refractivity contribution in [1.29, 1.82) is 0 Å². The zero-order chi connectivity index (χ0) is 26.2. The number of piperidine rings is 1. The van der Waals surface area contributed by atoms with Crippen LogP contribution in [0.25, 0.3) is 10.9 Å². The molecule has 1 aliphatic carbocycles. The van der Waals surface area contributed by atoms with E-state index in [1.807, 2.05) is 37.6 Å². The molecule has 1 saturated heterocycles. The second-order valence-electron chi connectivity index (χ2n) is 10.6. The average Bonchev–Trinajstić information content (AvgIpc) is 3.77. The van der Waals surface area contributed by atoms with Crippen molar-refractivity contribution < 1.29 is 4.39 Å². The van der Waals surface area contributed by atoms with Gasteiger partial charge in [0, 0.05) is 73.5 Å². The molecule has 1 saturated carbocycles. The maximum Gasteiger partial charge on any atom is 0.193 e. The van der Waals surface area contributed by atoms with E-state index in [0.29, 0.717) is 35.6 Å². The first-order chi connectivity index (χ1) is 18.5. The van der Waals surface area contributed by atoms with Crippen LogP contribution in [0.15, 0.2) is 66.0 Å². The first kappa shape index (κ1) is 25.0. The number of aromatic nitrogens is 3. The Morgan fingerprint density at radius 1 is 1.13 bits per heavy atom. The van der Waals surface area contributed by atoms with Gasteiger partial charge in [-0.2, -0.15) is 0 Å². The Bertz CT molecular complexity index is 1520. The van der Waals surface area contributed by atoms with Gasteiger partial charge >= 0.3 is 0 Å². The highest BCUT2D eigenvalue weighted by molar-refractivity contribution is 6.31. The summed E-state index contributed by atoms with van der Waals surface area (Å²) in [5, 5.41) is 0.447. The van der Waals surface area contributed by atoms with Crippen molar-refractivity contribution >= 4 is 28.2 Å². The van der Waals surface area contributed by atoms with Gasteiger partial charge in [-0.15, -0.1) is 0 Å². The maximum absolute atomic E-state index is 14.5. The van der Waals surface area contributed by atoms with E-state index in [0.717, 1.165) is 55.7 Å². The molecule has 2 fully saturated rings. The number of halogens is 2. The van der Waals surface area contributed by atoms with Crippen LogP contribution in [0.5, 0.6) is 0 Å². The number of pyridine rings is 3. The molecule has 196 valence electrons. The predicted octanol–water partition coefficient (Wildman–Crippen LogP) is 5.90. The predicted molar refractivity (Wildman–Crippen MR) is 149 cm³/mol. The molecule has 1 aromatic carbocycles. The Kier molecular flexibility index (Phi) is 6.89. The van der Waals surface area contributed by atoms with Crippen molar-refractivity contribution in [3.63, 3.8) is 0 Å². The Morgan fingerprint density at radius 2 is 2.00 bits per heavy atom. The molecule has 3 aromatic heterocycles. The van der Waals surface area contributed by atoms with E-state index in [2.05, 4.69) is 36.5 Å². The van der Waals surface area contributed by atoms with Crippen LogP contribution in [0.1, 0.15) is 48.5 Å². The quantitative estimate of drug-likeness (QED) is 0.297. The van der Waals surface area contributed by atoms with Crippen LogP contribution < -0.4 is 10.3 Å². The molecule has 0 N–H and O–H groups in total. The second-order valence-corrected chi connectivity index (χ2v) is 11.0. The fourth-order valence-corrected chi connectivity index (χ4v) is 5.82. The molecule has 1 atom stereocenters. The molecule has 4 aromatic rings. The summed E-state index contributed by atoms with van der Waals surface area (Å²) in [4.78, 5) is 27.2. The van der Waals surface area contributed by atoms with Crippen LogP contribution in [-0.2, 0) is 13.1 Å². The summed E-state index contributed by atoms with van der Waals surface area (Å²) in [5.41, 5.74) is 4.53.